The van der Waals surface area contributed by atoms with Gasteiger partial charge in [-0.25, -0.2) is 4.39 Å². The second kappa shape index (κ2) is 6.76. The standard InChI is InChI=1S/C21H19ClFNO2/c22-15-6-4-13(5-7-15)12-24-19-9-8-16(23)11-18(19)17-3-1-2-14(21(17)24)10-20(25)26/h4-9,11,14H,1-3,10,12H2,(H,25,26)/t14-/m1/s1. The molecule has 134 valence electrons. The van der Waals surface area contributed by atoms with Crippen molar-refractivity contribution in [2.24, 2.45) is 0 Å². The Hall–Kier alpha value is -2.33. The van der Waals surface area contributed by atoms with E-state index >= 15 is 0 Å². The van der Waals surface area contributed by atoms with Crippen molar-refractivity contribution in [1.29, 1.82) is 0 Å². The molecule has 1 aliphatic carbocycles. The predicted octanol–water partition coefficient (Wildman–Crippen LogP) is 5.38. The molecule has 3 nitrogen and oxygen atoms in total. The van der Waals surface area contributed by atoms with E-state index in [9.17, 15) is 14.3 Å². The number of hydrogen-bond acceptors (Lipinski definition) is 1. The predicted molar refractivity (Wildman–Crippen MR) is 100 cm³/mol. The summed E-state index contributed by atoms with van der Waals surface area (Å²) in [5.41, 5.74) is 4.20. The number of aryl methyl sites for hydroxylation is 1. The van der Waals surface area contributed by atoms with Crippen molar-refractivity contribution < 1.29 is 14.3 Å². The molecule has 0 unspecified atom stereocenters. The number of benzene rings is 2. The monoisotopic (exact) mass is 371 g/mol. The van der Waals surface area contributed by atoms with Gasteiger partial charge in [-0.1, -0.05) is 23.7 Å². The van der Waals surface area contributed by atoms with Crippen LogP contribution in [0.5, 0.6) is 0 Å². The van der Waals surface area contributed by atoms with E-state index in [1.165, 1.54) is 6.07 Å². The van der Waals surface area contributed by atoms with Crippen LogP contribution in [0.3, 0.4) is 0 Å². The van der Waals surface area contributed by atoms with E-state index in [4.69, 9.17) is 11.6 Å². The second-order valence-electron chi connectivity index (χ2n) is 6.92. The first-order valence-electron chi connectivity index (χ1n) is 8.79. The third-order valence-electron chi connectivity index (χ3n) is 5.22. The number of hydrogen-bond donors (Lipinski definition) is 1. The highest BCUT2D eigenvalue weighted by atomic mass is 35.5. The van der Waals surface area contributed by atoms with Crippen LogP contribution in [0.15, 0.2) is 42.5 Å². The number of rotatable bonds is 4. The zero-order valence-corrected chi connectivity index (χ0v) is 15.0. The van der Waals surface area contributed by atoms with Gasteiger partial charge in [-0.2, -0.15) is 0 Å². The molecule has 0 saturated carbocycles. The van der Waals surface area contributed by atoms with Crippen molar-refractivity contribution in [1.82, 2.24) is 4.57 Å². The Morgan fingerprint density at radius 1 is 1.23 bits per heavy atom. The molecule has 26 heavy (non-hydrogen) atoms. The maximum atomic E-state index is 13.9. The summed E-state index contributed by atoms with van der Waals surface area (Å²) >= 11 is 5.99. The van der Waals surface area contributed by atoms with Crippen LogP contribution < -0.4 is 0 Å². The lowest BCUT2D eigenvalue weighted by atomic mass is 9.84. The first-order valence-corrected chi connectivity index (χ1v) is 9.17. The minimum Gasteiger partial charge on any atom is -0.481 e. The summed E-state index contributed by atoms with van der Waals surface area (Å²) in [4.78, 5) is 11.4. The third kappa shape index (κ3) is 3.10. The molecule has 1 N–H and O–H groups in total. The molecular weight excluding hydrogens is 353 g/mol. The first-order chi connectivity index (χ1) is 12.5. The molecule has 2 aromatic carbocycles. The fraction of sp³-hybridized carbons (Fsp3) is 0.286. The van der Waals surface area contributed by atoms with E-state index in [1.54, 1.807) is 12.1 Å². The first kappa shape index (κ1) is 17.1. The Bertz CT molecular complexity index is 978. The normalized spacial score (nSPS) is 16.6. The SMILES string of the molecule is O=C(O)C[C@H]1CCCc2c1n(Cc1ccc(Cl)cc1)c1ccc(F)cc21. The van der Waals surface area contributed by atoms with E-state index in [2.05, 4.69) is 4.57 Å². The number of aliphatic carboxylic acids is 1. The van der Waals surface area contributed by atoms with Crippen LogP contribution in [-0.2, 0) is 17.8 Å². The van der Waals surface area contributed by atoms with Crippen LogP contribution >= 0.6 is 11.6 Å². The molecule has 1 atom stereocenters. The number of carboxylic acids is 1. The molecule has 4 rings (SSSR count). The molecule has 1 heterocycles. The Morgan fingerprint density at radius 2 is 2.00 bits per heavy atom. The van der Waals surface area contributed by atoms with Gasteiger partial charge in [0.25, 0.3) is 0 Å². The van der Waals surface area contributed by atoms with Crippen LogP contribution in [0.1, 0.15) is 42.0 Å². The molecule has 0 fully saturated rings. The summed E-state index contributed by atoms with van der Waals surface area (Å²) in [5, 5.41) is 10.9. The maximum Gasteiger partial charge on any atom is 0.304 e. The lowest BCUT2D eigenvalue weighted by molar-refractivity contribution is -0.137. The summed E-state index contributed by atoms with van der Waals surface area (Å²) in [7, 11) is 0. The fourth-order valence-corrected chi connectivity index (χ4v) is 4.29. The van der Waals surface area contributed by atoms with E-state index < -0.39 is 5.97 Å². The Labute approximate surface area is 156 Å². The number of carbonyl (C=O) groups is 1. The number of fused-ring (bicyclic) bond motifs is 3. The number of carboxylic acid groups (broad SMARTS) is 1. The molecule has 0 saturated heterocycles. The Morgan fingerprint density at radius 3 is 2.73 bits per heavy atom. The number of halogens is 2. The van der Waals surface area contributed by atoms with Gasteiger partial charge in [-0.05, 0) is 60.7 Å². The summed E-state index contributed by atoms with van der Waals surface area (Å²) in [6.07, 6.45) is 2.74. The molecule has 5 heteroatoms. The van der Waals surface area contributed by atoms with Gasteiger partial charge >= 0.3 is 5.97 Å². The topological polar surface area (TPSA) is 42.2 Å². The molecule has 3 aromatic rings. The van der Waals surface area contributed by atoms with Crippen LogP contribution in [0.4, 0.5) is 4.39 Å². The molecule has 1 aliphatic rings. The van der Waals surface area contributed by atoms with Crippen LogP contribution in [-0.4, -0.2) is 15.6 Å². The Balaban J connectivity index is 1.89. The largest absolute Gasteiger partial charge is 0.481 e. The van der Waals surface area contributed by atoms with E-state index in [1.807, 2.05) is 24.3 Å². The summed E-state index contributed by atoms with van der Waals surface area (Å²) < 4.78 is 16.0. The van der Waals surface area contributed by atoms with Crippen molar-refractivity contribution in [2.75, 3.05) is 0 Å². The zero-order chi connectivity index (χ0) is 18.3. The highest BCUT2D eigenvalue weighted by Crippen LogP contribution is 2.40. The molecule has 1 aromatic heterocycles. The number of aromatic nitrogens is 1. The van der Waals surface area contributed by atoms with Gasteiger partial charge in [0.2, 0.25) is 0 Å². The van der Waals surface area contributed by atoms with Gasteiger partial charge in [-0.3, -0.25) is 4.79 Å². The second-order valence-corrected chi connectivity index (χ2v) is 7.36. The van der Waals surface area contributed by atoms with Gasteiger partial charge in [0.15, 0.2) is 0 Å². The third-order valence-corrected chi connectivity index (χ3v) is 5.47. The van der Waals surface area contributed by atoms with Gasteiger partial charge in [0, 0.05) is 34.1 Å². The maximum absolute atomic E-state index is 13.9. The molecule has 0 radical (unpaired) electrons. The molecular formula is C21H19ClFNO2. The smallest absolute Gasteiger partial charge is 0.304 e. The molecule has 0 amide bonds. The van der Waals surface area contributed by atoms with Crippen molar-refractivity contribution in [2.45, 2.75) is 38.1 Å². The van der Waals surface area contributed by atoms with E-state index in [0.29, 0.717) is 11.6 Å². The molecule has 0 aliphatic heterocycles. The summed E-state index contributed by atoms with van der Waals surface area (Å²) in [6.45, 7) is 0.616. The van der Waals surface area contributed by atoms with Gasteiger partial charge in [-0.15, -0.1) is 0 Å². The minimum atomic E-state index is -0.794. The average molecular weight is 372 g/mol. The summed E-state index contributed by atoms with van der Waals surface area (Å²) in [5.74, 6) is -1.10. The molecule has 0 spiro atoms. The quantitative estimate of drug-likeness (QED) is 0.669. The van der Waals surface area contributed by atoms with Gasteiger partial charge < -0.3 is 9.67 Å². The fourth-order valence-electron chi connectivity index (χ4n) is 4.16. The lowest BCUT2D eigenvalue weighted by Crippen LogP contribution is -2.17. The van der Waals surface area contributed by atoms with Crippen molar-refractivity contribution >= 4 is 28.5 Å². The molecule has 0 bridgehead atoms. The van der Waals surface area contributed by atoms with Gasteiger partial charge in [0.1, 0.15) is 5.82 Å². The average Bonchev–Trinajstić information content (AvgIpc) is 2.91. The van der Waals surface area contributed by atoms with Crippen LogP contribution in [0.2, 0.25) is 5.02 Å². The highest BCUT2D eigenvalue weighted by Gasteiger charge is 2.29. The van der Waals surface area contributed by atoms with Crippen LogP contribution in [0.25, 0.3) is 10.9 Å². The van der Waals surface area contributed by atoms with Crippen LogP contribution in [0, 0.1) is 5.82 Å². The zero-order valence-electron chi connectivity index (χ0n) is 14.2. The van der Waals surface area contributed by atoms with Crippen molar-refractivity contribution in [3.05, 3.63) is 70.1 Å². The minimum absolute atomic E-state index is 0.0426. The highest BCUT2D eigenvalue weighted by molar-refractivity contribution is 6.30. The van der Waals surface area contributed by atoms with Gasteiger partial charge in [0.05, 0.1) is 6.42 Å². The van der Waals surface area contributed by atoms with Crippen molar-refractivity contribution in [3.8, 4) is 0 Å². The van der Waals surface area contributed by atoms with E-state index in [0.717, 1.165) is 47.0 Å². The summed E-state index contributed by atoms with van der Waals surface area (Å²) in [6, 6.07) is 12.5. The Kier molecular flexibility index (Phi) is 4.45. The number of nitrogens with zero attached hydrogens (tertiary/aromatic N) is 1. The lowest BCUT2D eigenvalue weighted by Gasteiger charge is -2.24. The van der Waals surface area contributed by atoms with Crippen molar-refractivity contribution in [3.63, 3.8) is 0 Å². The van der Waals surface area contributed by atoms with E-state index in [-0.39, 0.29) is 18.2 Å².